The van der Waals surface area contributed by atoms with Gasteiger partial charge in [0.25, 0.3) is 0 Å². The minimum absolute atomic E-state index is 0.0834. The average molecular weight is 406 g/mol. The van der Waals surface area contributed by atoms with Crippen LogP contribution in [0.5, 0.6) is 0 Å². The first-order valence-corrected chi connectivity index (χ1v) is 10.3. The number of amides is 2. The highest BCUT2D eigenvalue weighted by Gasteiger charge is 2.28. The number of anilines is 1. The Labute approximate surface area is 175 Å². The third kappa shape index (κ3) is 4.01. The maximum Gasteiger partial charge on any atom is 0.350 e. The van der Waals surface area contributed by atoms with Gasteiger partial charge in [-0.15, -0.1) is 0 Å². The van der Waals surface area contributed by atoms with Crippen LogP contribution in [0, 0.1) is 13.8 Å². The SMILES string of the molecule is Cc1cc(C)cc(NC(=O)N2CCC(c3nn(C)c(=O)n3-c3ccccc3)CC2)c1. The molecule has 4 rings (SSSR count). The fraction of sp³-hybridized carbons (Fsp3) is 0.348. The first-order chi connectivity index (χ1) is 14.4. The Hall–Kier alpha value is -3.35. The van der Waals surface area contributed by atoms with E-state index in [2.05, 4.69) is 16.5 Å². The van der Waals surface area contributed by atoms with Gasteiger partial charge in [-0.05, 0) is 62.1 Å². The van der Waals surface area contributed by atoms with E-state index in [4.69, 9.17) is 0 Å². The molecule has 0 radical (unpaired) electrons. The number of carbonyl (C=O) groups is 1. The maximum atomic E-state index is 12.7. The Morgan fingerprint density at radius 3 is 2.30 bits per heavy atom. The van der Waals surface area contributed by atoms with Crippen LogP contribution in [0.3, 0.4) is 0 Å². The van der Waals surface area contributed by atoms with Crippen LogP contribution in [0.4, 0.5) is 10.5 Å². The summed E-state index contributed by atoms with van der Waals surface area (Å²) < 4.78 is 3.08. The predicted octanol–water partition coefficient (Wildman–Crippen LogP) is 3.60. The minimum atomic E-state index is -0.147. The number of aromatic nitrogens is 3. The van der Waals surface area contributed by atoms with E-state index in [1.807, 2.05) is 61.2 Å². The van der Waals surface area contributed by atoms with E-state index in [1.165, 1.54) is 4.68 Å². The van der Waals surface area contributed by atoms with E-state index in [1.54, 1.807) is 11.6 Å². The van der Waals surface area contributed by atoms with Crippen molar-refractivity contribution in [1.82, 2.24) is 19.2 Å². The van der Waals surface area contributed by atoms with Gasteiger partial charge in [0, 0.05) is 31.7 Å². The Kier molecular flexibility index (Phi) is 5.44. The van der Waals surface area contributed by atoms with Crippen molar-refractivity contribution >= 4 is 11.7 Å². The second-order valence-corrected chi connectivity index (χ2v) is 8.00. The summed E-state index contributed by atoms with van der Waals surface area (Å²) in [5, 5.41) is 7.53. The molecule has 3 aromatic rings. The molecule has 7 nitrogen and oxygen atoms in total. The lowest BCUT2D eigenvalue weighted by Crippen LogP contribution is -2.41. The van der Waals surface area contributed by atoms with Crippen LogP contribution in [0.1, 0.15) is 35.7 Å². The van der Waals surface area contributed by atoms with Crippen molar-refractivity contribution in [3.8, 4) is 5.69 Å². The second-order valence-electron chi connectivity index (χ2n) is 8.00. The summed E-state index contributed by atoms with van der Waals surface area (Å²) in [7, 11) is 1.68. The Balaban J connectivity index is 1.47. The topological polar surface area (TPSA) is 72.2 Å². The molecule has 0 spiro atoms. The fourth-order valence-corrected chi connectivity index (χ4v) is 4.16. The lowest BCUT2D eigenvalue weighted by Gasteiger charge is -2.31. The summed E-state index contributed by atoms with van der Waals surface area (Å²) >= 11 is 0. The molecule has 7 heteroatoms. The number of carbonyl (C=O) groups excluding carboxylic acids is 1. The summed E-state index contributed by atoms with van der Waals surface area (Å²) in [5.74, 6) is 0.896. The van der Waals surface area contributed by atoms with Crippen LogP contribution >= 0.6 is 0 Å². The lowest BCUT2D eigenvalue weighted by atomic mass is 9.96. The first-order valence-electron chi connectivity index (χ1n) is 10.3. The van der Waals surface area contributed by atoms with Crippen LogP contribution in [0.25, 0.3) is 5.69 Å². The molecule has 0 unspecified atom stereocenters. The van der Waals surface area contributed by atoms with Gasteiger partial charge in [-0.25, -0.2) is 18.8 Å². The molecular weight excluding hydrogens is 378 g/mol. The molecule has 1 fully saturated rings. The molecule has 1 aliphatic rings. The zero-order valence-electron chi connectivity index (χ0n) is 17.6. The molecule has 1 N–H and O–H groups in total. The van der Waals surface area contributed by atoms with Gasteiger partial charge in [-0.3, -0.25) is 0 Å². The smallest absolute Gasteiger partial charge is 0.324 e. The Morgan fingerprint density at radius 1 is 1.03 bits per heavy atom. The average Bonchev–Trinajstić information content (AvgIpc) is 3.02. The Bertz CT molecular complexity index is 1090. The number of aryl methyl sites for hydroxylation is 3. The Morgan fingerprint density at radius 2 is 1.67 bits per heavy atom. The third-order valence-corrected chi connectivity index (χ3v) is 5.58. The van der Waals surface area contributed by atoms with Gasteiger partial charge in [-0.2, -0.15) is 5.10 Å². The lowest BCUT2D eigenvalue weighted by molar-refractivity contribution is 0.193. The monoisotopic (exact) mass is 405 g/mol. The molecule has 2 heterocycles. The van der Waals surface area contributed by atoms with E-state index in [0.717, 1.165) is 41.2 Å². The van der Waals surface area contributed by atoms with Crippen molar-refractivity contribution in [3.05, 3.63) is 76.0 Å². The van der Waals surface area contributed by atoms with E-state index >= 15 is 0 Å². The van der Waals surface area contributed by atoms with Crippen LogP contribution < -0.4 is 11.0 Å². The number of benzene rings is 2. The zero-order valence-corrected chi connectivity index (χ0v) is 17.6. The molecule has 30 heavy (non-hydrogen) atoms. The first kappa shape index (κ1) is 19.9. The predicted molar refractivity (Wildman–Crippen MR) is 117 cm³/mol. The van der Waals surface area contributed by atoms with Gasteiger partial charge in [0.15, 0.2) is 0 Å². The molecule has 0 saturated carbocycles. The van der Waals surface area contributed by atoms with Crippen LogP contribution in [0.2, 0.25) is 0 Å². The number of rotatable bonds is 3. The van der Waals surface area contributed by atoms with E-state index in [-0.39, 0.29) is 17.6 Å². The molecule has 1 aromatic heterocycles. The number of urea groups is 1. The van der Waals surface area contributed by atoms with Gasteiger partial charge in [0.05, 0.1) is 5.69 Å². The quantitative estimate of drug-likeness (QED) is 0.724. The van der Waals surface area contributed by atoms with E-state index in [0.29, 0.717) is 13.1 Å². The third-order valence-electron chi connectivity index (χ3n) is 5.58. The molecule has 1 saturated heterocycles. The minimum Gasteiger partial charge on any atom is -0.324 e. The molecular formula is C23H27N5O2. The zero-order chi connectivity index (χ0) is 21.3. The van der Waals surface area contributed by atoms with Crippen molar-refractivity contribution in [2.75, 3.05) is 18.4 Å². The molecule has 2 aromatic carbocycles. The molecule has 0 bridgehead atoms. The van der Waals surface area contributed by atoms with Gasteiger partial charge in [0.2, 0.25) is 0 Å². The van der Waals surface area contributed by atoms with Crippen molar-refractivity contribution < 1.29 is 4.79 Å². The fourth-order valence-electron chi connectivity index (χ4n) is 4.16. The number of nitrogens with one attached hydrogen (secondary N) is 1. The number of para-hydroxylation sites is 1. The highest BCUT2D eigenvalue weighted by atomic mass is 16.2. The summed E-state index contributed by atoms with van der Waals surface area (Å²) in [6.45, 7) is 5.29. The summed E-state index contributed by atoms with van der Waals surface area (Å²) in [4.78, 5) is 27.2. The normalized spacial score (nSPS) is 14.7. The molecule has 0 atom stereocenters. The molecule has 2 amide bonds. The summed E-state index contributed by atoms with van der Waals surface area (Å²) in [6, 6.07) is 15.5. The molecule has 1 aliphatic heterocycles. The number of hydrogen-bond acceptors (Lipinski definition) is 3. The standard InChI is InChI=1S/C23H27N5O2/c1-16-13-17(2)15-19(14-16)24-22(29)27-11-9-18(10-12-27)21-25-26(3)23(30)28(21)20-7-5-4-6-8-20/h4-8,13-15,18H,9-12H2,1-3H3,(H,24,29). The van der Waals surface area contributed by atoms with E-state index < -0.39 is 0 Å². The summed E-state index contributed by atoms with van der Waals surface area (Å²) in [6.07, 6.45) is 1.53. The van der Waals surface area contributed by atoms with Crippen molar-refractivity contribution in [2.45, 2.75) is 32.6 Å². The van der Waals surface area contributed by atoms with Crippen LogP contribution in [-0.2, 0) is 7.05 Å². The second kappa shape index (κ2) is 8.18. The number of piperidine rings is 1. The van der Waals surface area contributed by atoms with Gasteiger partial charge in [-0.1, -0.05) is 24.3 Å². The van der Waals surface area contributed by atoms with E-state index in [9.17, 15) is 9.59 Å². The van der Waals surface area contributed by atoms with Crippen molar-refractivity contribution in [3.63, 3.8) is 0 Å². The largest absolute Gasteiger partial charge is 0.350 e. The van der Waals surface area contributed by atoms with Crippen LogP contribution in [-0.4, -0.2) is 38.4 Å². The number of likely N-dealkylation sites (tertiary alicyclic amines) is 1. The van der Waals surface area contributed by atoms with Crippen molar-refractivity contribution in [1.29, 1.82) is 0 Å². The summed E-state index contributed by atoms with van der Waals surface area (Å²) in [5.41, 5.74) is 3.74. The number of nitrogens with zero attached hydrogens (tertiary/aromatic N) is 4. The highest BCUT2D eigenvalue weighted by molar-refractivity contribution is 5.89. The van der Waals surface area contributed by atoms with Gasteiger partial charge >= 0.3 is 11.7 Å². The molecule has 0 aliphatic carbocycles. The van der Waals surface area contributed by atoms with Crippen LogP contribution in [0.15, 0.2) is 53.3 Å². The van der Waals surface area contributed by atoms with Gasteiger partial charge < -0.3 is 10.2 Å². The number of hydrogen-bond donors (Lipinski definition) is 1. The maximum absolute atomic E-state index is 12.7. The molecule has 156 valence electrons. The highest BCUT2D eigenvalue weighted by Crippen LogP contribution is 2.28. The van der Waals surface area contributed by atoms with Gasteiger partial charge in [0.1, 0.15) is 5.82 Å². The van der Waals surface area contributed by atoms with Crippen molar-refractivity contribution in [2.24, 2.45) is 7.05 Å².